The largest absolute Gasteiger partial charge is 0.496 e. The lowest BCUT2D eigenvalue weighted by Crippen LogP contribution is -2.17. The monoisotopic (exact) mass is 349 g/mol. The Balaban J connectivity index is 1.89. The highest BCUT2D eigenvalue weighted by molar-refractivity contribution is 9.10. The first-order valence-corrected chi connectivity index (χ1v) is 7.69. The summed E-state index contributed by atoms with van der Waals surface area (Å²) in [6.45, 7) is 1.66. The summed E-state index contributed by atoms with van der Waals surface area (Å²) in [5.41, 5.74) is 2.36. The molecule has 0 fully saturated rings. The molecule has 1 N–H and O–H groups in total. The van der Waals surface area contributed by atoms with Gasteiger partial charge in [-0.15, -0.1) is 0 Å². The lowest BCUT2D eigenvalue weighted by Gasteiger charge is -2.11. The minimum atomic E-state index is 0.776. The molecule has 0 atom stereocenters. The molecule has 0 radical (unpaired) electrons. The lowest BCUT2D eigenvalue weighted by molar-refractivity contribution is 0.406. The summed E-state index contributed by atoms with van der Waals surface area (Å²) in [6.07, 6.45) is 0.931. The van der Waals surface area contributed by atoms with Crippen LogP contribution in [0.15, 0.2) is 46.9 Å². The number of halogens is 1. The van der Waals surface area contributed by atoms with Crippen LogP contribution in [0.25, 0.3) is 0 Å². The van der Waals surface area contributed by atoms with Crippen LogP contribution in [0.1, 0.15) is 11.1 Å². The third kappa shape index (κ3) is 4.48. The molecule has 0 saturated carbocycles. The van der Waals surface area contributed by atoms with Crippen molar-refractivity contribution < 1.29 is 9.47 Å². The zero-order valence-corrected chi connectivity index (χ0v) is 13.9. The van der Waals surface area contributed by atoms with Gasteiger partial charge in [0.15, 0.2) is 0 Å². The van der Waals surface area contributed by atoms with Crippen molar-refractivity contribution in [3.05, 3.63) is 58.1 Å². The molecule has 0 aromatic heterocycles. The second-order valence-corrected chi connectivity index (χ2v) is 5.61. The van der Waals surface area contributed by atoms with Crippen LogP contribution in [-0.4, -0.2) is 20.8 Å². The number of ether oxygens (including phenoxy) is 2. The first-order chi connectivity index (χ1) is 10.2. The fourth-order valence-electron chi connectivity index (χ4n) is 2.24. The molecule has 0 amide bonds. The molecular formula is C17H20BrNO2. The van der Waals surface area contributed by atoms with Crippen LogP contribution in [0.5, 0.6) is 11.5 Å². The van der Waals surface area contributed by atoms with Gasteiger partial charge in [-0.2, -0.15) is 0 Å². The van der Waals surface area contributed by atoms with E-state index in [4.69, 9.17) is 9.47 Å². The second kappa shape index (κ2) is 8.05. The van der Waals surface area contributed by atoms with E-state index in [2.05, 4.69) is 33.4 Å². The molecule has 0 aliphatic rings. The Kier molecular flexibility index (Phi) is 6.08. The molecule has 2 rings (SSSR count). The zero-order chi connectivity index (χ0) is 15.1. The van der Waals surface area contributed by atoms with Gasteiger partial charge in [0, 0.05) is 16.6 Å². The van der Waals surface area contributed by atoms with Crippen LogP contribution < -0.4 is 14.8 Å². The molecular weight excluding hydrogens is 330 g/mol. The normalized spacial score (nSPS) is 10.4. The maximum absolute atomic E-state index is 5.37. The van der Waals surface area contributed by atoms with Gasteiger partial charge in [0.25, 0.3) is 0 Å². The molecule has 0 aliphatic carbocycles. The van der Waals surface area contributed by atoms with E-state index in [-0.39, 0.29) is 0 Å². The fourth-order valence-corrected chi connectivity index (χ4v) is 2.65. The Morgan fingerprint density at radius 3 is 2.43 bits per heavy atom. The van der Waals surface area contributed by atoms with Crippen LogP contribution in [0.2, 0.25) is 0 Å². The summed E-state index contributed by atoms with van der Waals surface area (Å²) in [7, 11) is 3.40. The minimum Gasteiger partial charge on any atom is -0.496 e. The van der Waals surface area contributed by atoms with Crippen molar-refractivity contribution in [2.75, 3.05) is 20.8 Å². The molecule has 0 unspecified atom stereocenters. The van der Waals surface area contributed by atoms with Crippen molar-refractivity contribution in [1.29, 1.82) is 0 Å². The molecule has 0 aliphatic heterocycles. The van der Waals surface area contributed by atoms with E-state index >= 15 is 0 Å². The van der Waals surface area contributed by atoms with E-state index in [1.807, 2.05) is 30.3 Å². The molecule has 21 heavy (non-hydrogen) atoms. The van der Waals surface area contributed by atoms with Crippen molar-refractivity contribution in [3.8, 4) is 11.5 Å². The number of rotatable bonds is 7. The van der Waals surface area contributed by atoms with E-state index in [1.54, 1.807) is 14.2 Å². The van der Waals surface area contributed by atoms with Crippen molar-refractivity contribution >= 4 is 15.9 Å². The number of para-hydroxylation sites is 1. The predicted molar refractivity (Wildman–Crippen MR) is 89.1 cm³/mol. The third-order valence-electron chi connectivity index (χ3n) is 3.32. The van der Waals surface area contributed by atoms with Gasteiger partial charge >= 0.3 is 0 Å². The van der Waals surface area contributed by atoms with Crippen LogP contribution in [0.4, 0.5) is 0 Å². The summed E-state index contributed by atoms with van der Waals surface area (Å²) in [5, 5.41) is 3.45. The number of nitrogens with one attached hydrogen (secondary N) is 1. The summed E-state index contributed by atoms with van der Waals surface area (Å²) in [6, 6.07) is 14.2. The standard InChI is InChI=1S/C17H20BrNO2/c1-20-16-6-4-3-5-13(16)9-10-19-12-14-11-15(18)7-8-17(14)21-2/h3-8,11,19H,9-10,12H2,1-2H3. The minimum absolute atomic E-state index is 0.776. The summed E-state index contributed by atoms with van der Waals surface area (Å²) < 4.78 is 11.8. The first-order valence-electron chi connectivity index (χ1n) is 6.89. The number of hydrogen-bond acceptors (Lipinski definition) is 3. The van der Waals surface area contributed by atoms with Gasteiger partial charge in [-0.25, -0.2) is 0 Å². The molecule has 0 saturated heterocycles. The number of benzene rings is 2. The van der Waals surface area contributed by atoms with E-state index in [0.29, 0.717) is 0 Å². The summed E-state index contributed by atoms with van der Waals surface area (Å²) >= 11 is 3.49. The second-order valence-electron chi connectivity index (χ2n) is 4.69. The molecule has 0 heterocycles. The van der Waals surface area contributed by atoms with Crippen molar-refractivity contribution in [3.63, 3.8) is 0 Å². The van der Waals surface area contributed by atoms with Gasteiger partial charge in [0.05, 0.1) is 14.2 Å². The van der Waals surface area contributed by atoms with Crippen LogP contribution >= 0.6 is 15.9 Å². The highest BCUT2D eigenvalue weighted by Crippen LogP contribution is 2.23. The third-order valence-corrected chi connectivity index (χ3v) is 3.81. The Labute approximate surface area is 134 Å². The summed E-state index contributed by atoms with van der Waals surface area (Å²) in [4.78, 5) is 0. The topological polar surface area (TPSA) is 30.5 Å². The molecule has 4 heteroatoms. The van der Waals surface area contributed by atoms with Gasteiger partial charge < -0.3 is 14.8 Å². The summed E-state index contributed by atoms with van der Waals surface area (Å²) in [5.74, 6) is 1.85. The SMILES string of the molecule is COc1ccccc1CCNCc1cc(Br)ccc1OC. The van der Waals surface area contributed by atoms with Gasteiger partial charge in [-0.05, 0) is 42.8 Å². The Morgan fingerprint density at radius 2 is 1.67 bits per heavy atom. The quantitative estimate of drug-likeness (QED) is 0.771. The van der Waals surface area contributed by atoms with Crippen molar-refractivity contribution in [1.82, 2.24) is 5.32 Å². The fraction of sp³-hybridized carbons (Fsp3) is 0.294. The first kappa shape index (κ1) is 15.9. The van der Waals surface area contributed by atoms with Crippen molar-refractivity contribution in [2.24, 2.45) is 0 Å². The predicted octanol–water partition coefficient (Wildman–Crippen LogP) is 3.80. The number of hydrogen-bond donors (Lipinski definition) is 1. The Bertz CT molecular complexity index is 587. The van der Waals surface area contributed by atoms with Crippen LogP contribution in [0.3, 0.4) is 0 Å². The average Bonchev–Trinajstić information content (AvgIpc) is 2.52. The van der Waals surface area contributed by atoms with E-state index in [1.165, 1.54) is 5.56 Å². The zero-order valence-electron chi connectivity index (χ0n) is 12.4. The number of methoxy groups -OCH3 is 2. The molecule has 2 aromatic carbocycles. The van der Waals surface area contributed by atoms with Gasteiger partial charge in [-0.3, -0.25) is 0 Å². The average molecular weight is 350 g/mol. The van der Waals surface area contributed by atoms with Gasteiger partial charge in [0.2, 0.25) is 0 Å². The van der Waals surface area contributed by atoms with E-state index in [9.17, 15) is 0 Å². The van der Waals surface area contributed by atoms with Gasteiger partial charge in [-0.1, -0.05) is 34.1 Å². The lowest BCUT2D eigenvalue weighted by atomic mass is 10.1. The maximum atomic E-state index is 5.37. The maximum Gasteiger partial charge on any atom is 0.123 e. The molecule has 3 nitrogen and oxygen atoms in total. The Hall–Kier alpha value is -1.52. The van der Waals surface area contributed by atoms with Crippen molar-refractivity contribution in [2.45, 2.75) is 13.0 Å². The molecule has 112 valence electrons. The highest BCUT2D eigenvalue weighted by atomic mass is 79.9. The van der Waals surface area contributed by atoms with E-state index in [0.717, 1.165) is 41.0 Å². The van der Waals surface area contributed by atoms with Crippen LogP contribution in [0, 0.1) is 0 Å². The highest BCUT2D eigenvalue weighted by Gasteiger charge is 2.04. The molecule has 0 bridgehead atoms. The smallest absolute Gasteiger partial charge is 0.123 e. The Morgan fingerprint density at radius 1 is 0.952 bits per heavy atom. The molecule has 2 aromatic rings. The molecule has 0 spiro atoms. The van der Waals surface area contributed by atoms with Crippen LogP contribution in [-0.2, 0) is 13.0 Å². The van der Waals surface area contributed by atoms with Gasteiger partial charge in [0.1, 0.15) is 11.5 Å². The van der Waals surface area contributed by atoms with E-state index < -0.39 is 0 Å².